The minimum atomic E-state index is -0.170. The number of amides is 1. The molecule has 0 aliphatic carbocycles. The molecule has 4 heteroatoms. The molecule has 1 heterocycles. The minimum absolute atomic E-state index is 0.0219. The van der Waals surface area contributed by atoms with Crippen molar-refractivity contribution in [2.75, 3.05) is 11.9 Å². The molecule has 2 aromatic carbocycles. The van der Waals surface area contributed by atoms with Gasteiger partial charge in [-0.15, -0.1) is 0 Å². The van der Waals surface area contributed by atoms with Gasteiger partial charge in [-0.2, -0.15) is 0 Å². The van der Waals surface area contributed by atoms with Crippen LogP contribution >= 0.6 is 0 Å². The van der Waals surface area contributed by atoms with Gasteiger partial charge in [0.15, 0.2) is 6.61 Å². The summed E-state index contributed by atoms with van der Waals surface area (Å²) in [6, 6.07) is 13.9. The number of hydrogen-bond acceptors (Lipinski definition) is 2. The normalized spacial score (nSPS) is 11.6. The van der Waals surface area contributed by atoms with Crippen molar-refractivity contribution in [3.8, 4) is 5.75 Å². The molecule has 0 atom stereocenters. The largest absolute Gasteiger partial charge is 0.483 e. The topological polar surface area (TPSA) is 54.1 Å². The van der Waals surface area contributed by atoms with Crippen molar-refractivity contribution in [2.24, 2.45) is 0 Å². The van der Waals surface area contributed by atoms with E-state index in [0.29, 0.717) is 0 Å². The van der Waals surface area contributed by atoms with E-state index in [0.717, 1.165) is 33.6 Å². The molecule has 0 radical (unpaired) electrons. The average molecular weight is 350 g/mol. The number of aromatic amines is 1. The fourth-order valence-electron chi connectivity index (χ4n) is 3.09. The van der Waals surface area contributed by atoms with E-state index < -0.39 is 0 Å². The van der Waals surface area contributed by atoms with Gasteiger partial charge in [-0.1, -0.05) is 44.5 Å². The number of benzene rings is 2. The van der Waals surface area contributed by atoms with Crippen molar-refractivity contribution in [3.63, 3.8) is 0 Å². The standard InChI is InChI=1S/C22H26N2O2/c1-14-9-10-20(17(11-14)22(3,4)5)26-13-21(25)24-19-8-6-7-18-16(19)12-15(2)23-18/h6-12,23H,13H2,1-5H3,(H,24,25). The van der Waals surface area contributed by atoms with Crippen LogP contribution in [-0.2, 0) is 10.2 Å². The third-order valence-electron chi connectivity index (χ3n) is 4.37. The van der Waals surface area contributed by atoms with E-state index in [1.165, 1.54) is 5.56 Å². The molecule has 0 aliphatic heterocycles. The molecule has 0 saturated heterocycles. The lowest BCUT2D eigenvalue weighted by Gasteiger charge is -2.23. The van der Waals surface area contributed by atoms with Gasteiger partial charge in [0.05, 0.1) is 5.69 Å². The molecule has 3 aromatic rings. The number of ether oxygens (including phenoxy) is 1. The zero-order valence-corrected chi connectivity index (χ0v) is 16.1. The summed E-state index contributed by atoms with van der Waals surface area (Å²) in [6.07, 6.45) is 0. The fourth-order valence-corrected chi connectivity index (χ4v) is 3.09. The lowest BCUT2D eigenvalue weighted by Crippen LogP contribution is -2.22. The molecule has 1 aromatic heterocycles. The van der Waals surface area contributed by atoms with Gasteiger partial charge in [0.2, 0.25) is 0 Å². The monoisotopic (exact) mass is 350 g/mol. The summed E-state index contributed by atoms with van der Waals surface area (Å²) < 4.78 is 5.85. The molecular formula is C22H26N2O2. The van der Waals surface area contributed by atoms with Crippen molar-refractivity contribution in [1.29, 1.82) is 0 Å². The van der Waals surface area contributed by atoms with Gasteiger partial charge >= 0.3 is 0 Å². The summed E-state index contributed by atoms with van der Waals surface area (Å²) in [5.74, 6) is 0.589. The second kappa shape index (κ2) is 6.87. The zero-order valence-electron chi connectivity index (χ0n) is 16.1. The first-order valence-corrected chi connectivity index (χ1v) is 8.86. The summed E-state index contributed by atoms with van der Waals surface area (Å²) >= 11 is 0. The highest BCUT2D eigenvalue weighted by molar-refractivity contribution is 6.02. The Morgan fingerprint density at radius 1 is 1.12 bits per heavy atom. The van der Waals surface area contributed by atoms with Gasteiger partial charge < -0.3 is 15.0 Å². The van der Waals surface area contributed by atoms with Gasteiger partial charge in [-0.3, -0.25) is 4.79 Å². The summed E-state index contributed by atoms with van der Waals surface area (Å²) in [6.45, 7) is 10.5. The average Bonchev–Trinajstić information content (AvgIpc) is 2.94. The quantitative estimate of drug-likeness (QED) is 0.688. The SMILES string of the molecule is Cc1ccc(OCC(=O)Nc2cccc3[nH]c(C)cc23)c(C(C)(C)C)c1. The lowest BCUT2D eigenvalue weighted by atomic mass is 9.85. The van der Waals surface area contributed by atoms with E-state index in [1.807, 2.05) is 43.3 Å². The Morgan fingerprint density at radius 2 is 1.88 bits per heavy atom. The van der Waals surface area contributed by atoms with Gasteiger partial charge in [0.1, 0.15) is 5.75 Å². The smallest absolute Gasteiger partial charge is 0.262 e. The molecule has 0 spiro atoms. The number of carbonyl (C=O) groups excluding carboxylic acids is 1. The Kier molecular flexibility index (Phi) is 4.77. The molecule has 4 nitrogen and oxygen atoms in total. The van der Waals surface area contributed by atoms with Gasteiger partial charge in [-0.05, 0) is 49.1 Å². The molecule has 0 saturated carbocycles. The van der Waals surface area contributed by atoms with E-state index in [9.17, 15) is 4.79 Å². The van der Waals surface area contributed by atoms with Crippen LogP contribution in [0.4, 0.5) is 5.69 Å². The number of H-pyrrole nitrogens is 1. The molecule has 136 valence electrons. The van der Waals surface area contributed by atoms with Crippen LogP contribution in [0.2, 0.25) is 0 Å². The summed E-state index contributed by atoms with van der Waals surface area (Å²) in [7, 11) is 0. The fraction of sp³-hybridized carbons (Fsp3) is 0.318. The molecule has 1 amide bonds. The number of hydrogen-bond donors (Lipinski definition) is 2. The number of carbonyl (C=O) groups is 1. The van der Waals surface area contributed by atoms with Crippen LogP contribution in [0.3, 0.4) is 0 Å². The van der Waals surface area contributed by atoms with Crippen molar-refractivity contribution < 1.29 is 9.53 Å². The van der Waals surface area contributed by atoms with E-state index in [1.54, 1.807) is 0 Å². The molecular weight excluding hydrogens is 324 g/mol. The van der Waals surface area contributed by atoms with E-state index in [2.05, 4.69) is 44.1 Å². The van der Waals surface area contributed by atoms with E-state index >= 15 is 0 Å². The first-order chi connectivity index (χ1) is 12.2. The van der Waals surface area contributed by atoms with Crippen LogP contribution in [-0.4, -0.2) is 17.5 Å². The number of rotatable bonds is 4. The Balaban J connectivity index is 1.73. The molecule has 26 heavy (non-hydrogen) atoms. The van der Waals surface area contributed by atoms with Gasteiger partial charge in [0, 0.05) is 16.6 Å². The van der Waals surface area contributed by atoms with Crippen LogP contribution in [0.15, 0.2) is 42.5 Å². The Hall–Kier alpha value is -2.75. The Morgan fingerprint density at radius 3 is 2.62 bits per heavy atom. The maximum atomic E-state index is 12.4. The van der Waals surface area contributed by atoms with E-state index in [-0.39, 0.29) is 17.9 Å². The van der Waals surface area contributed by atoms with Crippen LogP contribution in [0.5, 0.6) is 5.75 Å². The maximum absolute atomic E-state index is 12.4. The predicted molar refractivity (Wildman–Crippen MR) is 107 cm³/mol. The van der Waals surface area contributed by atoms with Crippen LogP contribution in [0.25, 0.3) is 10.9 Å². The summed E-state index contributed by atoms with van der Waals surface area (Å²) in [5.41, 5.74) is 5.10. The zero-order chi connectivity index (χ0) is 18.9. The first-order valence-electron chi connectivity index (χ1n) is 8.86. The highest BCUT2D eigenvalue weighted by Crippen LogP contribution is 2.32. The summed E-state index contributed by atoms with van der Waals surface area (Å²) in [5, 5.41) is 3.96. The second-order valence-corrected chi connectivity index (χ2v) is 7.81. The second-order valence-electron chi connectivity index (χ2n) is 7.81. The molecule has 3 rings (SSSR count). The van der Waals surface area contributed by atoms with Crippen molar-refractivity contribution in [2.45, 2.75) is 40.0 Å². The van der Waals surface area contributed by atoms with Gasteiger partial charge in [-0.25, -0.2) is 0 Å². The van der Waals surface area contributed by atoms with Crippen molar-refractivity contribution in [3.05, 3.63) is 59.3 Å². The predicted octanol–water partition coefficient (Wildman–Crippen LogP) is 5.10. The molecule has 2 N–H and O–H groups in total. The molecule has 0 unspecified atom stereocenters. The van der Waals surface area contributed by atoms with Crippen LogP contribution in [0.1, 0.15) is 37.6 Å². The first kappa shape index (κ1) is 18.1. The number of aromatic nitrogens is 1. The highest BCUT2D eigenvalue weighted by Gasteiger charge is 2.20. The third-order valence-corrected chi connectivity index (χ3v) is 4.37. The Labute approximate surface area is 154 Å². The van der Waals surface area contributed by atoms with Crippen LogP contribution in [0, 0.1) is 13.8 Å². The minimum Gasteiger partial charge on any atom is -0.483 e. The van der Waals surface area contributed by atoms with E-state index in [4.69, 9.17) is 4.74 Å². The highest BCUT2D eigenvalue weighted by atomic mass is 16.5. The summed E-state index contributed by atoms with van der Waals surface area (Å²) in [4.78, 5) is 15.7. The number of aryl methyl sites for hydroxylation is 2. The van der Waals surface area contributed by atoms with Crippen molar-refractivity contribution >= 4 is 22.5 Å². The van der Waals surface area contributed by atoms with Crippen molar-refractivity contribution in [1.82, 2.24) is 4.98 Å². The van der Waals surface area contributed by atoms with Gasteiger partial charge in [0.25, 0.3) is 5.91 Å². The van der Waals surface area contributed by atoms with Crippen LogP contribution < -0.4 is 10.1 Å². The lowest BCUT2D eigenvalue weighted by molar-refractivity contribution is -0.118. The molecule has 0 fully saturated rings. The Bertz CT molecular complexity index is 948. The molecule has 0 aliphatic rings. The number of nitrogens with one attached hydrogen (secondary N) is 2. The maximum Gasteiger partial charge on any atom is 0.262 e. The number of anilines is 1. The number of fused-ring (bicyclic) bond motifs is 1. The molecule has 0 bridgehead atoms. The third kappa shape index (κ3) is 3.90.